The van der Waals surface area contributed by atoms with Crippen molar-refractivity contribution in [3.05, 3.63) is 60.3 Å². The summed E-state index contributed by atoms with van der Waals surface area (Å²) in [7, 11) is 0. The molecule has 0 aromatic carbocycles. The van der Waals surface area contributed by atoms with Gasteiger partial charge in [-0.15, -0.1) is 6.58 Å². The zero-order valence-electron chi connectivity index (χ0n) is 18.5. The molecule has 0 spiro atoms. The lowest BCUT2D eigenvalue weighted by Crippen LogP contribution is -2.21. The van der Waals surface area contributed by atoms with Crippen molar-refractivity contribution in [3.8, 4) is 0 Å². The molecule has 4 aliphatic carbocycles. The van der Waals surface area contributed by atoms with E-state index in [0.717, 1.165) is 29.6 Å². The molecule has 0 nitrogen and oxygen atoms in total. The minimum absolute atomic E-state index is 0.255. The molecule has 4 rings (SSSR count). The lowest BCUT2D eigenvalue weighted by atomic mass is 9.74. The lowest BCUT2D eigenvalue weighted by molar-refractivity contribution is 0.307. The average Bonchev–Trinajstić information content (AvgIpc) is 3.21. The molecule has 0 aromatic rings. The molecule has 2 fully saturated rings. The van der Waals surface area contributed by atoms with Gasteiger partial charge in [0.05, 0.1) is 0 Å². The van der Waals surface area contributed by atoms with Crippen LogP contribution in [0.1, 0.15) is 66.2 Å². The summed E-state index contributed by atoms with van der Waals surface area (Å²) in [6, 6.07) is 0. The molecule has 7 unspecified atom stereocenters. The number of hydrogen-bond donors (Lipinski definition) is 0. The molecule has 2 saturated carbocycles. The van der Waals surface area contributed by atoms with E-state index < -0.39 is 0 Å². The first-order valence-corrected chi connectivity index (χ1v) is 11.7. The molecular weight excluding hydrogens is 336 g/mol. The molecule has 0 aromatic heterocycles. The van der Waals surface area contributed by atoms with Crippen LogP contribution in [0.2, 0.25) is 0 Å². The van der Waals surface area contributed by atoms with Gasteiger partial charge in [0.15, 0.2) is 0 Å². The van der Waals surface area contributed by atoms with Crippen LogP contribution >= 0.6 is 0 Å². The number of allylic oxidation sites excluding steroid dienone is 9. The van der Waals surface area contributed by atoms with Crippen LogP contribution < -0.4 is 0 Å². The van der Waals surface area contributed by atoms with Gasteiger partial charge in [0.25, 0.3) is 0 Å². The smallest absolute Gasteiger partial charge is 0.00954 e. The van der Waals surface area contributed by atoms with Crippen LogP contribution in [0.3, 0.4) is 0 Å². The largest absolute Gasteiger partial charge is 0.103 e. The molecule has 0 N–H and O–H groups in total. The van der Waals surface area contributed by atoms with Crippen molar-refractivity contribution in [1.82, 2.24) is 0 Å². The molecule has 0 radical (unpaired) electrons. The second-order valence-corrected chi connectivity index (χ2v) is 11.1. The predicted molar refractivity (Wildman–Crippen MR) is 122 cm³/mol. The van der Waals surface area contributed by atoms with Crippen molar-refractivity contribution < 1.29 is 0 Å². The first-order valence-electron chi connectivity index (χ1n) is 11.7. The van der Waals surface area contributed by atoms with E-state index in [0.29, 0.717) is 11.8 Å². The van der Waals surface area contributed by atoms with Crippen molar-refractivity contribution in [2.45, 2.75) is 66.2 Å². The minimum atomic E-state index is 0.255. The van der Waals surface area contributed by atoms with Crippen molar-refractivity contribution in [3.63, 3.8) is 0 Å². The van der Waals surface area contributed by atoms with E-state index in [9.17, 15) is 0 Å². The Bertz CT molecular complexity index is 707. The zero-order chi connectivity index (χ0) is 19.9. The third-order valence-corrected chi connectivity index (χ3v) is 8.15. The van der Waals surface area contributed by atoms with Crippen molar-refractivity contribution in [1.29, 1.82) is 0 Å². The van der Waals surface area contributed by atoms with Gasteiger partial charge < -0.3 is 0 Å². The zero-order valence-corrected chi connectivity index (χ0v) is 18.5. The quantitative estimate of drug-likeness (QED) is 0.428. The second kappa shape index (κ2) is 7.85. The van der Waals surface area contributed by atoms with E-state index in [1.54, 1.807) is 5.57 Å². The van der Waals surface area contributed by atoms with E-state index in [1.165, 1.54) is 44.1 Å². The Morgan fingerprint density at radius 3 is 2.32 bits per heavy atom. The fourth-order valence-corrected chi connectivity index (χ4v) is 6.63. The Morgan fingerprint density at radius 1 is 0.929 bits per heavy atom. The molecule has 28 heavy (non-hydrogen) atoms. The third-order valence-electron chi connectivity index (χ3n) is 8.15. The Kier molecular flexibility index (Phi) is 5.60. The number of rotatable bonds is 5. The highest BCUT2D eigenvalue weighted by atomic mass is 14.5. The van der Waals surface area contributed by atoms with Gasteiger partial charge in [0, 0.05) is 0 Å². The first kappa shape index (κ1) is 20.0. The van der Waals surface area contributed by atoms with Crippen LogP contribution in [0.5, 0.6) is 0 Å². The average molecular weight is 377 g/mol. The summed E-state index contributed by atoms with van der Waals surface area (Å²) in [5.41, 5.74) is 3.28. The van der Waals surface area contributed by atoms with Crippen molar-refractivity contribution in [2.24, 2.45) is 46.8 Å². The predicted octanol–water partition coefficient (Wildman–Crippen LogP) is 7.91. The Labute approximate surface area is 173 Å². The highest BCUT2D eigenvalue weighted by Gasteiger charge is 2.48. The van der Waals surface area contributed by atoms with Crippen molar-refractivity contribution in [2.75, 3.05) is 0 Å². The summed E-state index contributed by atoms with van der Waals surface area (Å²) in [5, 5.41) is 0. The Morgan fingerprint density at radius 2 is 1.61 bits per heavy atom. The van der Waals surface area contributed by atoms with Gasteiger partial charge in [-0.2, -0.15) is 0 Å². The number of fused-ring (bicyclic) bond motifs is 3. The highest BCUT2D eigenvalue weighted by molar-refractivity contribution is 5.37. The van der Waals surface area contributed by atoms with Gasteiger partial charge in [-0.25, -0.2) is 0 Å². The summed E-state index contributed by atoms with van der Waals surface area (Å²) in [6.07, 6.45) is 25.7. The highest BCUT2D eigenvalue weighted by Crippen LogP contribution is 2.55. The molecule has 4 aliphatic rings. The van der Waals surface area contributed by atoms with Crippen LogP contribution in [0, 0.1) is 46.8 Å². The number of hydrogen-bond acceptors (Lipinski definition) is 0. The third kappa shape index (κ3) is 3.89. The van der Waals surface area contributed by atoms with E-state index in [-0.39, 0.29) is 5.41 Å². The minimum Gasteiger partial charge on any atom is -0.103 e. The lowest BCUT2D eigenvalue weighted by Gasteiger charge is -2.31. The molecule has 152 valence electrons. The molecular formula is C28H40. The maximum absolute atomic E-state index is 3.96. The molecule has 0 aliphatic heterocycles. The van der Waals surface area contributed by atoms with E-state index in [1.807, 2.05) is 0 Å². The molecule has 0 heterocycles. The van der Waals surface area contributed by atoms with Gasteiger partial charge in [0.2, 0.25) is 0 Å². The molecule has 0 amide bonds. The molecule has 0 saturated heterocycles. The van der Waals surface area contributed by atoms with Crippen LogP contribution in [-0.4, -0.2) is 0 Å². The van der Waals surface area contributed by atoms with Crippen LogP contribution in [0.15, 0.2) is 60.3 Å². The second-order valence-electron chi connectivity index (χ2n) is 11.1. The molecule has 0 heteroatoms. The maximum atomic E-state index is 3.96. The van der Waals surface area contributed by atoms with E-state index in [2.05, 4.69) is 76.8 Å². The summed E-state index contributed by atoms with van der Waals surface area (Å²) < 4.78 is 0. The SMILES string of the molecule is C=CCC1CCC(CCC2C3C=C(C)C=CC3C3C=CC(C(C)(C)C)=CC32)C1. The summed E-state index contributed by atoms with van der Waals surface area (Å²) in [4.78, 5) is 0. The monoisotopic (exact) mass is 376 g/mol. The van der Waals surface area contributed by atoms with Gasteiger partial charge in [0.1, 0.15) is 0 Å². The molecule has 7 atom stereocenters. The van der Waals surface area contributed by atoms with Gasteiger partial charge in [-0.3, -0.25) is 0 Å². The van der Waals surface area contributed by atoms with E-state index >= 15 is 0 Å². The standard InChI is InChI=1S/C28H40/c1-6-7-20-9-10-21(17-20)11-14-25-26-16-19(2)8-13-23(26)24-15-12-22(18-27(24)25)28(3,4)5/h6,8,12-13,15-16,18,20-21,23-27H,1,7,9-11,14,17H2,2-5H3. The van der Waals surface area contributed by atoms with E-state index in [4.69, 9.17) is 0 Å². The van der Waals surface area contributed by atoms with Crippen LogP contribution in [0.25, 0.3) is 0 Å². The first-order chi connectivity index (χ1) is 13.4. The Balaban J connectivity index is 1.52. The summed E-state index contributed by atoms with van der Waals surface area (Å²) in [5.74, 6) is 5.57. The fraction of sp³-hybridized carbons (Fsp3) is 0.643. The van der Waals surface area contributed by atoms with Gasteiger partial charge in [-0.05, 0) is 85.0 Å². The Hall–Kier alpha value is -1.30. The topological polar surface area (TPSA) is 0 Å². The summed E-state index contributed by atoms with van der Waals surface area (Å²) in [6.45, 7) is 13.3. The summed E-state index contributed by atoms with van der Waals surface area (Å²) >= 11 is 0. The van der Waals surface area contributed by atoms with Gasteiger partial charge >= 0.3 is 0 Å². The van der Waals surface area contributed by atoms with Gasteiger partial charge in [-0.1, -0.05) is 81.7 Å². The molecule has 0 bridgehead atoms. The van der Waals surface area contributed by atoms with Crippen molar-refractivity contribution >= 4 is 0 Å². The van der Waals surface area contributed by atoms with Crippen LogP contribution in [0.4, 0.5) is 0 Å². The normalized spacial score (nSPS) is 39.4. The fourth-order valence-electron chi connectivity index (χ4n) is 6.63. The van der Waals surface area contributed by atoms with Crippen LogP contribution in [-0.2, 0) is 0 Å². The maximum Gasteiger partial charge on any atom is -0.00954 e.